The molecule has 1 heterocycles. The molecule has 1 aromatic rings. The van der Waals surface area contributed by atoms with Gasteiger partial charge in [0, 0.05) is 31.8 Å². The van der Waals surface area contributed by atoms with Crippen molar-refractivity contribution in [3.8, 4) is 0 Å². The number of nitrogens with two attached hydrogens (primary N) is 1. The lowest BCUT2D eigenvalue weighted by Gasteiger charge is -2.16. The van der Waals surface area contributed by atoms with Crippen LogP contribution >= 0.6 is 0 Å². The van der Waals surface area contributed by atoms with Crippen molar-refractivity contribution < 1.29 is 4.74 Å². The first kappa shape index (κ1) is 15.0. The van der Waals surface area contributed by atoms with E-state index in [0.717, 1.165) is 24.9 Å². The molecule has 0 spiro atoms. The fourth-order valence-electron chi connectivity index (χ4n) is 1.98. The van der Waals surface area contributed by atoms with Crippen LogP contribution in [0, 0.1) is 0 Å². The van der Waals surface area contributed by atoms with Crippen molar-refractivity contribution in [2.24, 2.45) is 5.84 Å². The number of nitrogens with one attached hydrogen (secondary N) is 2. The van der Waals surface area contributed by atoms with Gasteiger partial charge in [-0.2, -0.15) is 0 Å². The van der Waals surface area contributed by atoms with Crippen LogP contribution in [-0.2, 0) is 11.3 Å². The zero-order chi connectivity index (χ0) is 14.4. The minimum Gasteiger partial charge on any atom is -0.374 e. The van der Waals surface area contributed by atoms with Crippen molar-refractivity contribution in [2.75, 3.05) is 37.5 Å². The summed E-state index contributed by atoms with van der Waals surface area (Å²) in [6.07, 6.45) is 2.65. The van der Waals surface area contributed by atoms with Gasteiger partial charge in [-0.15, -0.1) is 0 Å². The lowest BCUT2D eigenvalue weighted by molar-refractivity contribution is 0.128. The van der Waals surface area contributed by atoms with Gasteiger partial charge in [0.2, 0.25) is 0 Å². The molecule has 20 heavy (non-hydrogen) atoms. The molecule has 1 fully saturated rings. The minimum absolute atomic E-state index is 0.392. The molecule has 0 bridgehead atoms. The topological polar surface area (TPSA) is 88.3 Å². The molecule has 7 heteroatoms. The van der Waals surface area contributed by atoms with Crippen LogP contribution in [0.2, 0.25) is 0 Å². The molecular formula is C13H24N6O. The Morgan fingerprint density at radius 1 is 1.40 bits per heavy atom. The third-order valence-electron chi connectivity index (χ3n) is 3.30. The number of likely N-dealkylation sites (N-methyl/N-ethyl adjacent to an activating group) is 1. The zero-order valence-electron chi connectivity index (χ0n) is 12.2. The highest BCUT2D eigenvalue weighted by Crippen LogP contribution is 2.24. The Kier molecular flexibility index (Phi) is 5.51. The predicted octanol–water partition coefficient (Wildman–Crippen LogP) is 0.805. The number of hydrogen-bond acceptors (Lipinski definition) is 7. The molecule has 1 aliphatic carbocycles. The van der Waals surface area contributed by atoms with E-state index in [-0.39, 0.29) is 0 Å². The minimum atomic E-state index is 0.392. The molecule has 1 aliphatic rings. The van der Waals surface area contributed by atoms with E-state index in [4.69, 9.17) is 10.6 Å². The zero-order valence-corrected chi connectivity index (χ0v) is 12.2. The standard InChI is InChI=1S/C13H24N6O/c1-3-20-9-13-16-11(8-12(17-13)18-14)15-6-7-19(2)10-4-5-10/h8,10H,3-7,9,14H2,1-2H3,(H2,15,16,17,18). The summed E-state index contributed by atoms with van der Waals surface area (Å²) in [4.78, 5) is 11.0. The Hall–Kier alpha value is -1.44. The van der Waals surface area contributed by atoms with Crippen LogP contribution in [0.25, 0.3) is 0 Å². The number of nitrogens with zero attached hydrogens (tertiary/aromatic N) is 3. The van der Waals surface area contributed by atoms with Gasteiger partial charge >= 0.3 is 0 Å². The highest BCUT2D eigenvalue weighted by atomic mass is 16.5. The van der Waals surface area contributed by atoms with E-state index >= 15 is 0 Å². The summed E-state index contributed by atoms with van der Waals surface area (Å²) in [5.41, 5.74) is 2.55. The second-order valence-electron chi connectivity index (χ2n) is 4.97. The SMILES string of the molecule is CCOCc1nc(NN)cc(NCCN(C)C2CC2)n1. The van der Waals surface area contributed by atoms with Crippen LogP contribution < -0.4 is 16.6 Å². The van der Waals surface area contributed by atoms with Crippen LogP contribution in [0.3, 0.4) is 0 Å². The van der Waals surface area contributed by atoms with Gasteiger partial charge < -0.3 is 20.4 Å². The fraction of sp³-hybridized carbons (Fsp3) is 0.692. The Labute approximate surface area is 119 Å². The van der Waals surface area contributed by atoms with E-state index in [1.807, 2.05) is 6.92 Å². The van der Waals surface area contributed by atoms with Crippen LogP contribution in [-0.4, -0.2) is 47.7 Å². The van der Waals surface area contributed by atoms with Gasteiger partial charge in [-0.1, -0.05) is 0 Å². The van der Waals surface area contributed by atoms with Gasteiger partial charge in [-0.05, 0) is 26.8 Å². The molecule has 2 rings (SSSR count). The summed E-state index contributed by atoms with van der Waals surface area (Å²) in [7, 11) is 2.16. The van der Waals surface area contributed by atoms with E-state index in [2.05, 4.69) is 32.7 Å². The monoisotopic (exact) mass is 280 g/mol. The van der Waals surface area contributed by atoms with Crippen molar-refractivity contribution in [2.45, 2.75) is 32.4 Å². The third kappa shape index (κ3) is 4.59. The maximum Gasteiger partial charge on any atom is 0.158 e. The number of aromatic nitrogens is 2. The summed E-state index contributed by atoms with van der Waals surface area (Å²) in [6, 6.07) is 2.57. The van der Waals surface area contributed by atoms with Gasteiger partial charge in [0.05, 0.1) is 0 Å². The van der Waals surface area contributed by atoms with Gasteiger partial charge in [0.1, 0.15) is 18.2 Å². The number of hydrogen-bond donors (Lipinski definition) is 3. The molecule has 0 radical (unpaired) electrons. The van der Waals surface area contributed by atoms with Gasteiger partial charge in [-0.25, -0.2) is 15.8 Å². The van der Waals surface area contributed by atoms with Crippen molar-refractivity contribution >= 4 is 11.6 Å². The average molecular weight is 280 g/mol. The summed E-state index contributed by atoms with van der Waals surface area (Å²) in [5, 5.41) is 3.31. The number of hydrazine groups is 1. The van der Waals surface area contributed by atoms with Crippen molar-refractivity contribution in [3.05, 3.63) is 11.9 Å². The fourth-order valence-corrected chi connectivity index (χ4v) is 1.98. The lowest BCUT2D eigenvalue weighted by Crippen LogP contribution is -2.27. The van der Waals surface area contributed by atoms with E-state index in [1.165, 1.54) is 12.8 Å². The highest BCUT2D eigenvalue weighted by Gasteiger charge is 2.25. The molecule has 0 unspecified atom stereocenters. The molecule has 7 nitrogen and oxygen atoms in total. The Bertz CT molecular complexity index is 423. The second-order valence-corrected chi connectivity index (χ2v) is 4.97. The molecule has 0 atom stereocenters. The summed E-state index contributed by atoms with van der Waals surface area (Å²) in [6.45, 7) is 4.82. The Morgan fingerprint density at radius 2 is 2.15 bits per heavy atom. The quantitative estimate of drug-likeness (QED) is 0.455. The molecule has 0 aromatic carbocycles. The Morgan fingerprint density at radius 3 is 2.80 bits per heavy atom. The van der Waals surface area contributed by atoms with Gasteiger partial charge in [0.25, 0.3) is 0 Å². The number of anilines is 2. The first-order valence-corrected chi connectivity index (χ1v) is 7.09. The van der Waals surface area contributed by atoms with Crippen LogP contribution in [0.1, 0.15) is 25.6 Å². The molecule has 0 aliphatic heterocycles. The average Bonchev–Trinajstić information content (AvgIpc) is 3.29. The van der Waals surface area contributed by atoms with Crippen LogP contribution in [0.4, 0.5) is 11.6 Å². The number of ether oxygens (including phenoxy) is 1. The van der Waals surface area contributed by atoms with Gasteiger partial charge in [-0.3, -0.25) is 0 Å². The van der Waals surface area contributed by atoms with Crippen molar-refractivity contribution in [3.63, 3.8) is 0 Å². The summed E-state index contributed by atoms with van der Waals surface area (Å²) >= 11 is 0. The molecule has 1 saturated carbocycles. The van der Waals surface area contributed by atoms with Crippen LogP contribution in [0.5, 0.6) is 0 Å². The molecule has 1 aromatic heterocycles. The predicted molar refractivity (Wildman–Crippen MR) is 79.3 cm³/mol. The lowest BCUT2D eigenvalue weighted by atomic mass is 10.4. The normalized spacial score (nSPS) is 14.6. The van der Waals surface area contributed by atoms with E-state index in [9.17, 15) is 0 Å². The number of rotatable bonds is 9. The van der Waals surface area contributed by atoms with E-state index < -0.39 is 0 Å². The molecule has 112 valence electrons. The van der Waals surface area contributed by atoms with Crippen LogP contribution in [0.15, 0.2) is 6.07 Å². The van der Waals surface area contributed by atoms with E-state index in [0.29, 0.717) is 24.9 Å². The second kappa shape index (κ2) is 7.37. The first-order valence-electron chi connectivity index (χ1n) is 7.09. The van der Waals surface area contributed by atoms with E-state index in [1.54, 1.807) is 6.07 Å². The summed E-state index contributed by atoms with van der Waals surface area (Å²) < 4.78 is 5.33. The number of nitrogen functional groups attached to an aromatic ring is 1. The van der Waals surface area contributed by atoms with Gasteiger partial charge in [0.15, 0.2) is 5.82 Å². The van der Waals surface area contributed by atoms with Crippen molar-refractivity contribution in [1.82, 2.24) is 14.9 Å². The largest absolute Gasteiger partial charge is 0.374 e. The van der Waals surface area contributed by atoms with Crippen molar-refractivity contribution in [1.29, 1.82) is 0 Å². The highest BCUT2D eigenvalue weighted by molar-refractivity contribution is 5.46. The smallest absolute Gasteiger partial charge is 0.158 e. The maximum absolute atomic E-state index is 5.42. The Balaban J connectivity index is 1.87. The first-order chi connectivity index (χ1) is 9.72. The maximum atomic E-state index is 5.42. The molecule has 0 saturated heterocycles. The molecule has 0 amide bonds. The summed E-state index contributed by atoms with van der Waals surface area (Å²) in [5.74, 6) is 7.41. The molecular weight excluding hydrogens is 256 g/mol. The molecule has 4 N–H and O–H groups in total. The third-order valence-corrected chi connectivity index (χ3v) is 3.30.